The number of methoxy groups -OCH3 is 1. The van der Waals surface area contributed by atoms with Crippen LogP contribution in [0.1, 0.15) is 31.2 Å². The van der Waals surface area contributed by atoms with E-state index in [9.17, 15) is 9.50 Å². The lowest BCUT2D eigenvalue weighted by Crippen LogP contribution is -2.27. The van der Waals surface area contributed by atoms with Crippen molar-refractivity contribution in [3.05, 3.63) is 29.6 Å². The van der Waals surface area contributed by atoms with Crippen LogP contribution in [0.15, 0.2) is 18.2 Å². The second kappa shape index (κ2) is 5.12. The van der Waals surface area contributed by atoms with E-state index in [1.165, 1.54) is 32.4 Å². The van der Waals surface area contributed by atoms with Crippen LogP contribution in [0, 0.1) is 23.6 Å². The molecule has 3 rings (SSSR count). The minimum Gasteiger partial charge on any atom is -0.494 e. The third kappa shape index (κ3) is 2.48. The van der Waals surface area contributed by atoms with Gasteiger partial charge in [0.2, 0.25) is 0 Å². The number of aliphatic hydroxyl groups is 1. The number of halogens is 1. The van der Waals surface area contributed by atoms with Crippen molar-refractivity contribution in [3.63, 3.8) is 0 Å². The van der Waals surface area contributed by atoms with Crippen LogP contribution < -0.4 is 4.74 Å². The molecule has 19 heavy (non-hydrogen) atoms. The van der Waals surface area contributed by atoms with Crippen molar-refractivity contribution in [1.29, 1.82) is 0 Å². The fourth-order valence-electron chi connectivity index (χ4n) is 3.99. The summed E-state index contributed by atoms with van der Waals surface area (Å²) in [4.78, 5) is 0. The fourth-order valence-corrected chi connectivity index (χ4v) is 3.99. The Morgan fingerprint density at radius 3 is 2.79 bits per heavy atom. The van der Waals surface area contributed by atoms with Gasteiger partial charge in [0.15, 0.2) is 11.6 Å². The van der Waals surface area contributed by atoms with Gasteiger partial charge in [0.1, 0.15) is 0 Å². The molecule has 2 saturated carbocycles. The first kappa shape index (κ1) is 12.9. The van der Waals surface area contributed by atoms with Crippen LogP contribution in [0.3, 0.4) is 0 Å². The zero-order valence-corrected chi connectivity index (χ0v) is 11.3. The van der Waals surface area contributed by atoms with E-state index in [4.69, 9.17) is 4.74 Å². The van der Waals surface area contributed by atoms with Crippen LogP contribution in [0.5, 0.6) is 5.75 Å². The van der Waals surface area contributed by atoms with Crippen LogP contribution in [0.25, 0.3) is 0 Å². The third-order valence-electron chi connectivity index (χ3n) is 4.95. The van der Waals surface area contributed by atoms with Gasteiger partial charge in [0.25, 0.3) is 0 Å². The van der Waals surface area contributed by atoms with Gasteiger partial charge >= 0.3 is 0 Å². The van der Waals surface area contributed by atoms with Crippen molar-refractivity contribution < 1.29 is 14.2 Å². The Hall–Kier alpha value is -1.09. The Labute approximate surface area is 113 Å². The van der Waals surface area contributed by atoms with Crippen molar-refractivity contribution in [2.24, 2.45) is 17.8 Å². The summed E-state index contributed by atoms with van der Waals surface area (Å²) in [6.45, 7) is 0. The van der Waals surface area contributed by atoms with E-state index in [0.29, 0.717) is 18.3 Å². The van der Waals surface area contributed by atoms with Crippen LogP contribution in [0.4, 0.5) is 4.39 Å². The maximum absolute atomic E-state index is 13.6. The molecule has 0 aliphatic heterocycles. The van der Waals surface area contributed by atoms with Crippen LogP contribution in [-0.4, -0.2) is 18.3 Å². The predicted molar refractivity (Wildman–Crippen MR) is 71.6 cm³/mol. The molecule has 0 saturated heterocycles. The highest BCUT2D eigenvalue weighted by Crippen LogP contribution is 2.49. The molecule has 1 aromatic carbocycles. The number of hydrogen-bond donors (Lipinski definition) is 1. The first-order valence-corrected chi connectivity index (χ1v) is 7.18. The van der Waals surface area contributed by atoms with Gasteiger partial charge in [-0.25, -0.2) is 4.39 Å². The Kier molecular flexibility index (Phi) is 3.48. The van der Waals surface area contributed by atoms with Gasteiger partial charge in [-0.1, -0.05) is 12.5 Å². The van der Waals surface area contributed by atoms with E-state index in [2.05, 4.69) is 0 Å². The minimum atomic E-state index is -0.347. The molecule has 4 atom stereocenters. The average Bonchev–Trinajstić information content (AvgIpc) is 3.01. The predicted octanol–water partition coefficient (Wildman–Crippen LogP) is 3.17. The molecule has 0 aromatic heterocycles. The minimum absolute atomic E-state index is 0.262. The summed E-state index contributed by atoms with van der Waals surface area (Å²) in [5.74, 6) is 1.86. The molecule has 2 nitrogen and oxygen atoms in total. The maximum atomic E-state index is 13.6. The first-order valence-electron chi connectivity index (χ1n) is 7.18. The first-order chi connectivity index (χ1) is 9.17. The third-order valence-corrected chi connectivity index (χ3v) is 4.95. The molecule has 2 aliphatic rings. The van der Waals surface area contributed by atoms with E-state index in [-0.39, 0.29) is 17.7 Å². The Bertz CT molecular complexity index is 460. The molecule has 0 amide bonds. The van der Waals surface area contributed by atoms with Crippen molar-refractivity contribution in [1.82, 2.24) is 0 Å². The average molecular weight is 264 g/mol. The highest BCUT2D eigenvalue weighted by Gasteiger charge is 2.42. The quantitative estimate of drug-likeness (QED) is 0.905. The summed E-state index contributed by atoms with van der Waals surface area (Å²) in [5, 5.41) is 10.4. The highest BCUT2D eigenvalue weighted by atomic mass is 19.1. The zero-order chi connectivity index (χ0) is 13.4. The smallest absolute Gasteiger partial charge is 0.165 e. The molecular formula is C16H21FO2. The normalized spacial score (nSPS) is 30.6. The van der Waals surface area contributed by atoms with Crippen LogP contribution in [0.2, 0.25) is 0 Å². The van der Waals surface area contributed by atoms with Gasteiger partial charge in [-0.05, 0) is 61.1 Å². The monoisotopic (exact) mass is 264 g/mol. The lowest BCUT2D eigenvalue weighted by atomic mass is 9.82. The summed E-state index contributed by atoms with van der Waals surface area (Å²) >= 11 is 0. The van der Waals surface area contributed by atoms with Crippen molar-refractivity contribution in [2.45, 2.75) is 38.2 Å². The van der Waals surface area contributed by atoms with Crippen LogP contribution >= 0.6 is 0 Å². The molecule has 2 aliphatic carbocycles. The number of aliphatic hydroxyl groups excluding tert-OH is 1. The van der Waals surface area contributed by atoms with Gasteiger partial charge in [0.05, 0.1) is 13.2 Å². The molecule has 3 heteroatoms. The summed E-state index contributed by atoms with van der Waals surface area (Å²) in [6.07, 6.45) is 5.27. The number of ether oxygens (including phenoxy) is 1. The van der Waals surface area contributed by atoms with Crippen molar-refractivity contribution in [2.75, 3.05) is 7.11 Å². The lowest BCUT2D eigenvalue weighted by molar-refractivity contribution is 0.0750. The van der Waals surface area contributed by atoms with E-state index in [1.807, 2.05) is 6.07 Å². The fraction of sp³-hybridized carbons (Fsp3) is 0.625. The van der Waals surface area contributed by atoms with Gasteiger partial charge in [-0.15, -0.1) is 0 Å². The zero-order valence-electron chi connectivity index (χ0n) is 11.3. The number of rotatable bonds is 4. The molecule has 2 fully saturated rings. The summed E-state index contributed by atoms with van der Waals surface area (Å²) < 4.78 is 18.5. The van der Waals surface area contributed by atoms with Gasteiger partial charge in [0, 0.05) is 0 Å². The molecule has 1 N–H and O–H groups in total. The van der Waals surface area contributed by atoms with Crippen LogP contribution in [-0.2, 0) is 6.42 Å². The number of hydrogen-bond acceptors (Lipinski definition) is 2. The molecule has 0 spiro atoms. The second-order valence-electron chi connectivity index (χ2n) is 6.08. The summed E-state index contributed by atoms with van der Waals surface area (Å²) in [6, 6.07) is 4.96. The Morgan fingerprint density at radius 2 is 2.21 bits per heavy atom. The molecular weight excluding hydrogens is 243 g/mol. The van der Waals surface area contributed by atoms with Gasteiger partial charge in [-0.3, -0.25) is 0 Å². The van der Waals surface area contributed by atoms with E-state index in [0.717, 1.165) is 17.9 Å². The number of fused-ring (bicyclic) bond motifs is 2. The standard InChI is InChI=1S/C16H21FO2/c1-19-16-5-3-11(8-14(16)17)9-15(18)13-7-10-2-4-12(13)6-10/h3,5,8,10,12-13,15,18H,2,4,6-7,9H2,1H3. The van der Waals surface area contributed by atoms with E-state index in [1.54, 1.807) is 6.07 Å². The second-order valence-corrected chi connectivity index (χ2v) is 6.08. The van der Waals surface area contributed by atoms with E-state index >= 15 is 0 Å². The molecule has 104 valence electrons. The topological polar surface area (TPSA) is 29.5 Å². The van der Waals surface area contributed by atoms with Crippen molar-refractivity contribution >= 4 is 0 Å². The molecule has 4 unspecified atom stereocenters. The highest BCUT2D eigenvalue weighted by molar-refractivity contribution is 5.29. The number of benzene rings is 1. The van der Waals surface area contributed by atoms with Gasteiger partial charge in [-0.2, -0.15) is 0 Å². The van der Waals surface area contributed by atoms with Crippen molar-refractivity contribution in [3.8, 4) is 5.75 Å². The summed E-state index contributed by atoms with van der Waals surface area (Å²) in [7, 11) is 1.46. The largest absolute Gasteiger partial charge is 0.494 e. The Morgan fingerprint density at radius 1 is 1.37 bits per heavy atom. The van der Waals surface area contributed by atoms with Gasteiger partial charge < -0.3 is 9.84 Å². The molecule has 0 radical (unpaired) electrons. The molecule has 0 heterocycles. The molecule has 2 bridgehead atoms. The maximum Gasteiger partial charge on any atom is 0.165 e. The summed E-state index contributed by atoms with van der Waals surface area (Å²) in [5.41, 5.74) is 0.855. The molecule has 1 aromatic rings. The Balaban J connectivity index is 1.66. The van der Waals surface area contributed by atoms with E-state index < -0.39 is 0 Å². The lowest BCUT2D eigenvalue weighted by Gasteiger charge is -2.26. The SMILES string of the molecule is COc1ccc(CC(O)C2CC3CCC2C3)cc1F.